The summed E-state index contributed by atoms with van der Waals surface area (Å²) in [7, 11) is -3.57. The Kier molecular flexibility index (Phi) is 6.02. The predicted octanol–water partition coefficient (Wildman–Crippen LogP) is 2.08. The van der Waals surface area contributed by atoms with E-state index in [1.54, 1.807) is 0 Å². The molecule has 1 saturated heterocycles. The number of nitrogens with zero attached hydrogens (tertiary/aromatic N) is 2. The average Bonchev–Trinajstić information content (AvgIpc) is 3.15. The standard InChI is InChI=1S/C17H20N2O5S2/c1-2-16-18-14(12-25-16)11-24-17(20)13-3-5-15(6-4-13)26(21,22)19-7-9-23-10-8-19/h3-6,12H,2,7-11H2,1H3. The van der Waals surface area contributed by atoms with Gasteiger partial charge in [0.25, 0.3) is 0 Å². The van der Waals surface area contributed by atoms with E-state index in [4.69, 9.17) is 9.47 Å². The minimum Gasteiger partial charge on any atom is -0.456 e. The summed E-state index contributed by atoms with van der Waals surface area (Å²) in [5.74, 6) is -0.508. The Hall–Kier alpha value is -1.81. The van der Waals surface area contributed by atoms with E-state index in [2.05, 4.69) is 4.98 Å². The molecule has 1 aromatic carbocycles. The first-order valence-electron chi connectivity index (χ1n) is 8.29. The van der Waals surface area contributed by atoms with Crippen molar-refractivity contribution in [1.82, 2.24) is 9.29 Å². The van der Waals surface area contributed by atoms with Crippen LogP contribution in [0.4, 0.5) is 0 Å². The van der Waals surface area contributed by atoms with E-state index in [1.807, 2.05) is 12.3 Å². The number of thiazole rings is 1. The number of hydrogen-bond donors (Lipinski definition) is 0. The molecule has 0 bridgehead atoms. The third-order valence-electron chi connectivity index (χ3n) is 3.95. The summed E-state index contributed by atoms with van der Waals surface area (Å²) in [4.78, 5) is 16.6. The van der Waals surface area contributed by atoms with Gasteiger partial charge in [0.05, 0.1) is 34.4 Å². The molecule has 0 aliphatic carbocycles. The molecule has 1 fully saturated rings. The van der Waals surface area contributed by atoms with Gasteiger partial charge >= 0.3 is 5.97 Å². The van der Waals surface area contributed by atoms with Crippen molar-refractivity contribution in [1.29, 1.82) is 0 Å². The van der Waals surface area contributed by atoms with Crippen LogP contribution in [0.5, 0.6) is 0 Å². The summed E-state index contributed by atoms with van der Waals surface area (Å²) in [5.41, 5.74) is 1.02. The minimum absolute atomic E-state index is 0.100. The summed E-state index contributed by atoms with van der Waals surface area (Å²) in [6.07, 6.45) is 0.845. The fourth-order valence-electron chi connectivity index (χ4n) is 2.50. The van der Waals surface area contributed by atoms with Crippen LogP contribution in [-0.2, 0) is 32.5 Å². The highest BCUT2D eigenvalue weighted by molar-refractivity contribution is 7.89. The van der Waals surface area contributed by atoms with Crippen LogP contribution >= 0.6 is 11.3 Å². The van der Waals surface area contributed by atoms with E-state index >= 15 is 0 Å². The highest BCUT2D eigenvalue weighted by atomic mass is 32.2. The van der Waals surface area contributed by atoms with Crippen LogP contribution in [0.15, 0.2) is 34.5 Å². The van der Waals surface area contributed by atoms with E-state index < -0.39 is 16.0 Å². The van der Waals surface area contributed by atoms with Crippen LogP contribution in [0.2, 0.25) is 0 Å². The molecule has 7 nitrogen and oxygen atoms in total. The summed E-state index contributed by atoms with van der Waals surface area (Å²) >= 11 is 1.53. The number of aryl methyl sites for hydroxylation is 1. The van der Waals surface area contributed by atoms with Gasteiger partial charge in [-0.3, -0.25) is 0 Å². The molecule has 0 atom stereocenters. The molecule has 1 aromatic heterocycles. The first kappa shape index (κ1) is 19.0. The second kappa shape index (κ2) is 8.26. The number of ether oxygens (including phenoxy) is 2. The second-order valence-corrected chi connectivity index (χ2v) is 8.58. The normalized spacial score (nSPS) is 15.7. The Bertz CT molecular complexity index is 856. The molecule has 0 unspecified atom stereocenters. The van der Waals surface area contributed by atoms with Crippen molar-refractivity contribution in [3.05, 3.63) is 45.9 Å². The van der Waals surface area contributed by atoms with Crippen molar-refractivity contribution in [2.24, 2.45) is 0 Å². The molecule has 0 amide bonds. The van der Waals surface area contributed by atoms with E-state index in [0.717, 1.165) is 11.4 Å². The van der Waals surface area contributed by atoms with Crippen LogP contribution in [-0.4, -0.2) is 50.0 Å². The lowest BCUT2D eigenvalue weighted by molar-refractivity contribution is 0.0468. The lowest BCUT2D eigenvalue weighted by atomic mass is 10.2. The zero-order valence-corrected chi connectivity index (χ0v) is 16.0. The highest BCUT2D eigenvalue weighted by Crippen LogP contribution is 2.18. The fraction of sp³-hybridized carbons (Fsp3) is 0.412. The molecule has 0 radical (unpaired) electrons. The van der Waals surface area contributed by atoms with Crippen LogP contribution in [0.3, 0.4) is 0 Å². The van der Waals surface area contributed by atoms with Gasteiger partial charge in [-0.15, -0.1) is 11.3 Å². The van der Waals surface area contributed by atoms with Gasteiger partial charge in [-0.1, -0.05) is 6.92 Å². The lowest BCUT2D eigenvalue weighted by Crippen LogP contribution is -2.40. The molecule has 0 saturated carbocycles. The number of aromatic nitrogens is 1. The molecule has 1 aliphatic rings. The molecule has 2 heterocycles. The van der Waals surface area contributed by atoms with Gasteiger partial charge in [0.2, 0.25) is 10.0 Å². The van der Waals surface area contributed by atoms with Gasteiger partial charge in [-0.25, -0.2) is 18.2 Å². The zero-order chi connectivity index (χ0) is 18.6. The molecule has 2 aromatic rings. The number of benzene rings is 1. The SMILES string of the molecule is CCc1nc(COC(=O)c2ccc(S(=O)(=O)N3CCOCC3)cc2)cs1. The van der Waals surface area contributed by atoms with Gasteiger partial charge < -0.3 is 9.47 Å². The lowest BCUT2D eigenvalue weighted by Gasteiger charge is -2.26. The van der Waals surface area contributed by atoms with E-state index in [-0.39, 0.29) is 11.5 Å². The summed E-state index contributed by atoms with van der Waals surface area (Å²) < 4.78 is 36.9. The van der Waals surface area contributed by atoms with Gasteiger partial charge in [-0.2, -0.15) is 4.31 Å². The third-order valence-corrected chi connectivity index (χ3v) is 6.91. The molecule has 140 valence electrons. The van der Waals surface area contributed by atoms with Crippen LogP contribution in [0.25, 0.3) is 0 Å². The number of esters is 1. The third kappa shape index (κ3) is 4.29. The number of morpholine rings is 1. The van der Waals surface area contributed by atoms with Crippen LogP contribution in [0.1, 0.15) is 28.0 Å². The average molecular weight is 396 g/mol. The highest BCUT2D eigenvalue weighted by Gasteiger charge is 2.26. The van der Waals surface area contributed by atoms with Gasteiger partial charge in [0.15, 0.2) is 0 Å². The molecular weight excluding hydrogens is 376 g/mol. The summed E-state index contributed by atoms with van der Waals surface area (Å²) in [6, 6.07) is 5.79. The number of hydrogen-bond acceptors (Lipinski definition) is 7. The van der Waals surface area contributed by atoms with Gasteiger partial charge in [0, 0.05) is 18.5 Å². The van der Waals surface area contributed by atoms with E-state index in [1.165, 1.54) is 39.9 Å². The smallest absolute Gasteiger partial charge is 0.338 e. The van der Waals surface area contributed by atoms with Crippen molar-refractivity contribution >= 4 is 27.3 Å². The molecule has 26 heavy (non-hydrogen) atoms. The first-order valence-corrected chi connectivity index (χ1v) is 10.6. The Morgan fingerprint density at radius 3 is 2.58 bits per heavy atom. The minimum atomic E-state index is -3.57. The first-order chi connectivity index (χ1) is 12.5. The summed E-state index contributed by atoms with van der Waals surface area (Å²) in [6.45, 7) is 3.56. The van der Waals surface area contributed by atoms with Crippen molar-refractivity contribution in [2.45, 2.75) is 24.8 Å². The van der Waals surface area contributed by atoms with Gasteiger partial charge in [-0.05, 0) is 30.7 Å². The molecule has 0 spiro atoms. The molecule has 9 heteroatoms. The number of carbonyl (C=O) groups is 1. The maximum absolute atomic E-state index is 12.6. The zero-order valence-electron chi connectivity index (χ0n) is 14.4. The molecular formula is C17H20N2O5S2. The molecule has 1 aliphatic heterocycles. The fourth-order valence-corrected chi connectivity index (χ4v) is 4.64. The maximum Gasteiger partial charge on any atom is 0.338 e. The Morgan fingerprint density at radius 2 is 1.96 bits per heavy atom. The topological polar surface area (TPSA) is 85.8 Å². The van der Waals surface area contributed by atoms with E-state index in [0.29, 0.717) is 37.6 Å². The summed E-state index contributed by atoms with van der Waals surface area (Å²) in [5, 5.41) is 2.86. The number of carbonyl (C=O) groups excluding carboxylic acids is 1. The van der Waals surface area contributed by atoms with Crippen molar-refractivity contribution in [3.8, 4) is 0 Å². The Morgan fingerprint density at radius 1 is 1.27 bits per heavy atom. The van der Waals surface area contributed by atoms with Gasteiger partial charge in [0.1, 0.15) is 6.61 Å². The predicted molar refractivity (Wildman–Crippen MR) is 96.6 cm³/mol. The van der Waals surface area contributed by atoms with Crippen molar-refractivity contribution in [3.63, 3.8) is 0 Å². The second-order valence-electron chi connectivity index (χ2n) is 5.70. The quantitative estimate of drug-likeness (QED) is 0.695. The molecule has 3 rings (SSSR count). The number of sulfonamides is 1. The van der Waals surface area contributed by atoms with Crippen LogP contribution < -0.4 is 0 Å². The Labute approximate surface area is 156 Å². The largest absolute Gasteiger partial charge is 0.456 e. The molecule has 0 N–H and O–H groups in total. The number of rotatable bonds is 6. The van der Waals surface area contributed by atoms with Crippen molar-refractivity contribution < 1.29 is 22.7 Å². The van der Waals surface area contributed by atoms with Crippen molar-refractivity contribution in [2.75, 3.05) is 26.3 Å². The maximum atomic E-state index is 12.6. The van der Waals surface area contributed by atoms with Crippen LogP contribution in [0, 0.1) is 0 Å². The van der Waals surface area contributed by atoms with E-state index in [9.17, 15) is 13.2 Å². The Balaban J connectivity index is 1.63. The monoisotopic (exact) mass is 396 g/mol.